The van der Waals surface area contributed by atoms with Gasteiger partial charge in [0, 0.05) is 5.56 Å². The van der Waals surface area contributed by atoms with E-state index in [2.05, 4.69) is 0 Å². The number of phenolic OH excluding ortho intramolecular Hbond substituents is 1. The van der Waals surface area contributed by atoms with E-state index in [0.717, 1.165) is 0 Å². The molecule has 0 fully saturated rings. The monoisotopic (exact) mass is 180 g/mol. The number of carbonyl (C=O) groups is 2. The summed E-state index contributed by atoms with van der Waals surface area (Å²) in [5.41, 5.74) is 0.308. The summed E-state index contributed by atoms with van der Waals surface area (Å²) in [5.74, 6) is -1.39. The molecule has 0 atom stereocenters. The maximum Gasteiger partial charge on any atom is 0.336 e. The number of benzene rings is 1. The molecule has 0 bridgehead atoms. The summed E-state index contributed by atoms with van der Waals surface area (Å²) in [6.45, 7) is 1.45. The van der Waals surface area contributed by atoms with E-state index in [-0.39, 0.29) is 22.4 Å². The number of hydrogen-bond donors (Lipinski definition) is 2. The van der Waals surface area contributed by atoms with Gasteiger partial charge in [0.15, 0.2) is 6.29 Å². The van der Waals surface area contributed by atoms with Crippen LogP contribution in [0.2, 0.25) is 0 Å². The molecule has 0 aliphatic rings. The topological polar surface area (TPSA) is 74.6 Å². The predicted octanol–water partition coefficient (Wildman–Crippen LogP) is 1.21. The van der Waals surface area contributed by atoms with Gasteiger partial charge in [0.1, 0.15) is 5.75 Å². The molecule has 0 amide bonds. The first kappa shape index (κ1) is 9.25. The molecule has 1 aromatic rings. The maximum atomic E-state index is 10.6. The van der Waals surface area contributed by atoms with Crippen LogP contribution in [0.1, 0.15) is 26.3 Å². The Bertz CT molecular complexity index is 368. The van der Waals surface area contributed by atoms with Crippen LogP contribution in [0, 0.1) is 6.92 Å². The van der Waals surface area contributed by atoms with E-state index >= 15 is 0 Å². The van der Waals surface area contributed by atoms with E-state index in [9.17, 15) is 14.7 Å². The Morgan fingerprint density at radius 1 is 1.46 bits per heavy atom. The fourth-order valence-corrected chi connectivity index (χ4v) is 1.05. The largest absolute Gasteiger partial charge is 0.507 e. The van der Waals surface area contributed by atoms with E-state index in [4.69, 9.17) is 5.11 Å². The molecule has 4 heteroatoms. The van der Waals surface area contributed by atoms with Crippen LogP contribution < -0.4 is 0 Å². The Hall–Kier alpha value is -1.84. The van der Waals surface area contributed by atoms with E-state index < -0.39 is 5.97 Å². The van der Waals surface area contributed by atoms with Crippen LogP contribution in [0.25, 0.3) is 0 Å². The average molecular weight is 180 g/mol. The van der Waals surface area contributed by atoms with Gasteiger partial charge in [-0.3, -0.25) is 4.79 Å². The molecular formula is C9H8O4. The van der Waals surface area contributed by atoms with Crippen molar-refractivity contribution < 1.29 is 19.8 Å². The van der Waals surface area contributed by atoms with Gasteiger partial charge in [-0.2, -0.15) is 0 Å². The number of carboxylic acids is 1. The molecule has 0 unspecified atom stereocenters. The molecule has 68 valence electrons. The van der Waals surface area contributed by atoms with Gasteiger partial charge in [0.05, 0.1) is 11.1 Å². The summed E-state index contributed by atoms with van der Waals surface area (Å²) in [7, 11) is 0. The molecule has 0 aliphatic carbocycles. The van der Waals surface area contributed by atoms with Gasteiger partial charge in [0.2, 0.25) is 0 Å². The number of aldehydes is 1. The first-order valence-electron chi connectivity index (χ1n) is 3.59. The van der Waals surface area contributed by atoms with Crippen molar-refractivity contribution in [2.45, 2.75) is 6.92 Å². The fourth-order valence-electron chi connectivity index (χ4n) is 1.05. The predicted molar refractivity (Wildman–Crippen MR) is 45.2 cm³/mol. The minimum atomic E-state index is -1.12. The highest BCUT2D eigenvalue weighted by atomic mass is 16.4. The van der Waals surface area contributed by atoms with Gasteiger partial charge in [-0.25, -0.2) is 4.79 Å². The van der Waals surface area contributed by atoms with Crippen molar-refractivity contribution in [3.8, 4) is 5.75 Å². The van der Waals surface area contributed by atoms with Crippen molar-refractivity contribution in [2.75, 3.05) is 0 Å². The zero-order chi connectivity index (χ0) is 10.0. The summed E-state index contributed by atoms with van der Waals surface area (Å²) in [4.78, 5) is 20.9. The van der Waals surface area contributed by atoms with Crippen molar-refractivity contribution in [3.05, 3.63) is 28.8 Å². The highest BCUT2D eigenvalue weighted by molar-refractivity contribution is 5.92. The number of phenols is 1. The number of carboxylic acid groups (broad SMARTS) is 1. The highest BCUT2D eigenvalue weighted by Crippen LogP contribution is 2.23. The van der Waals surface area contributed by atoms with E-state index in [1.165, 1.54) is 19.1 Å². The van der Waals surface area contributed by atoms with E-state index in [1.54, 1.807) is 0 Å². The Kier molecular flexibility index (Phi) is 2.32. The average Bonchev–Trinajstić information content (AvgIpc) is 2.09. The molecule has 0 aromatic heterocycles. The van der Waals surface area contributed by atoms with E-state index in [1.807, 2.05) is 0 Å². The lowest BCUT2D eigenvalue weighted by molar-refractivity contribution is 0.0695. The number of aromatic hydroxyl groups is 1. The standard InChI is InChI=1S/C9H8O4/c1-5-7(9(12)13)3-2-6(4-10)8(5)11/h2-4,11H,1H3,(H,12,13). The summed E-state index contributed by atoms with van der Waals surface area (Å²) in [6.07, 6.45) is 0.480. The van der Waals surface area contributed by atoms with Crippen LogP contribution in [0.15, 0.2) is 12.1 Å². The molecule has 0 saturated carbocycles. The van der Waals surface area contributed by atoms with Crippen molar-refractivity contribution in [1.82, 2.24) is 0 Å². The summed E-state index contributed by atoms with van der Waals surface area (Å²) in [5, 5.41) is 18.0. The minimum Gasteiger partial charge on any atom is -0.507 e. The molecule has 1 rings (SSSR count). The van der Waals surface area contributed by atoms with Gasteiger partial charge < -0.3 is 10.2 Å². The van der Waals surface area contributed by atoms with Gasteiger partial charge in [0.25, 0.3) is 0 Å². The number of rotatable bonds is 2. The molecule has 0 aliphatic heterocycles. The highest BCUT2D eigenvalue weighted by Gasteiger charge is 2.12. The number of hydrogen-bond acceptors (Lipinski definition) is 3. The summed E-state index contributed by atoms with van der Waals surface area (Å²) < 4.78 is 0. The first-order valence-corrected chi connectivity index (χ1v) is 3.59. The number of aromatic carboxylic acids is 1. The third kappa shape index (κ3) is 1.51. The van der Waals surface area contributed by atoms with Gasteiger partial charge in [-0.15, -0.1) is 0 Å². The van der Waals surface area contributed by atoms with Crippen molar-refractivity contribution in [3.63, 3.8) is 0 Å². The molecule has 0 spiro atoms. The lowest BCUT2D eigenvalue weighted by Crippen LogP contribution is -2.00. The normalized spacial score (nSPS) is 9.62. The van der Waals surface area contributed by atoms with Gasteiger partial charge in [-0.1, -0.05) is 0 Å². The third-order valence-corrected chi connectivity index (χ3v) is 1.82. The van der Waals surface area contributed by atoms with Crippen LogP contribution in [0.3, 0.4) is 0 Å². The van der Waals surface area contributed by atoms with Crippen molar-refractivity contribution >= 4 is 12.3 Å². The molecule has 1 aromatic carbocycles. The van der Waals surface area contributed by atoms with Gasteiger partial charge >= 0.3 is 5.97 Å². The molecule has 0 radical (unpaired) electrons. The molecular weight excluding hydrogens is 172 g/mol. The Balaban J connectivity index is 3.39. The van der Waals surface area contributed by atoms with Crippen LogP contribution >= 0.6 is 0 Å². The second kappa shape index (κ2) is 3.26. The summed E-state index contributed by atoms with van der Waals surface area (Å²) >= 11 is 0. The lowest BCUT2D eigenvalue weighted by Gasteiger charge is -2.04. The van der Waals surface area contributed by atoms with Gasteiger partial charge in [-0.05, 0) is 19.1 Å². The quantitative estimate of drug-likeness (QED) is 0.671. The van der Waals surface area contributed by atoms with Crippen molar-refractivity contribution in [1.29, 1.82) is 0 Å². The van der Waals surface area contributed by atoms with E-state index in [0.29, 0.717) is 6.29 Å². The zero-order valence-electron chi connectivity index (χ0n) is 6.94. The fraction of sp³-hybridized carbons (Fsp3) is 0.111. The third-order valence-electron chi connectivity index (χ3n) is 1.82. The zero-order valence-corrected chi connectivity index (χ0v) is 6.94. The Labute approximate surface area is 74.4 Å². The molecule has 0 saturated heterocycles. The SMILES string of the molecule is Cc1c(C(=O)O)ccc(C=O)c1O. The Morgan fingerprint density at radius 2 is 2.08 bits per heavy atom. The smallest absolute Gasteiger partial charge is 0.336 e. The molecule has 13 heavy (non-hydrogen) atoms. The molecule has 2 N–H and O–H groups in total. The second-order valence-corrected chi connectivity index (χ2v) is 2.60. The van der Waals surface area contributed by atoms with Crippen molar-refractivity contribution in [2.24, 2.45) is 0 Å². The maximum absolute atomic E-state index is 10.6. The van der Waals surface area contributed by atoms with Crippen LogP contribution in [-0.2, 0) is 0 Å². The summed E-state index contributed by atoms with van der Waals surface area (Å²) in [6, 6.07) is 2.57. The minimum absolute atomic E-state index is 0.00287. The van der Waals surface area contributed by atoms with Crippen LogP contribution in [-0.4, -0.2) is 22.5 Å². The Morgan fingerprint density at radius 3 is 2.54 bits per heavy atom. The van der Waals surface area contributed by atoms with Crippen LogP contribution in [0.5, 0.6) is 5.75 Å². The number of carbonyl (C=O) groups excluding carboxylic acids is 1. The molecule has 4 nitrogen and oxygen atoms in total. The second-order valence-electron chi connectivity index (χ2n) is 2.60. The lowest BCUT2D eigenvalue weighted by atomic mass is 10.0. The first-order chi connectivity index (χ1) is 6.07. The van der Waals surface area contributed by atoms with Crippen LogP contribution in [0.4, 0.5) is 0 Å². The molecule has 0 heterocycles.